The van der Waals surface area contributed by atoms with Gasteiger partial charge in [0.15, 0.2) is 0 Å². The van der Waals surface area contributed by atoms with Crippen LogP contribution in [0.4, 0.5) is 0 Å². The molecule has 3 rings (SSSR count). The lowest BCUT2D eigenvalue weighted by Crippen LogP contribution is -2.39. The zero-order valence-corrected chi connectivity index (χ0v) is 12.7. The van der Waals surface area contributed by atoms with Gasteiger partial charge in [0.1, 0.15) is 0 Å². The van der Waals surface area contributed by atoms with Crippen LogP contribution in [0.15, 0.2) is 60.7 Å². The Morgan fingerprint density at radius 3 is 2.24 bits per heavy atom. The van der Waals surface area contributed by atoms with E-state index in [0.717, 1.165) is 19.5 Å². The zero-order chi connectivity index (χ0) is 14.7. The van der Waals surface area contributed by atoms with Gasteiger partial charge >= 0.3 is 0 Å². The summed E-state index contributed by atoms with van der Waals surface area (Å²) >= 11 is 0. The molecular weight excluding hydrogens is 256 g/mol. The highest BCUT2D eigenvalue weighted by molar-refractivity contribution is 5.25. The molecule has 2 heteroatoms. The number of hydrogen-bond donors (Lipinski definition) is 1. The van der Waals surface area contributed by atoms with Crippen molar-refractivity contribution in [2.75, 3.05) is 6.54 Å². The van der Waals surface area contributed by atoms with Crippen molar-refractivity contribution in [2.24, 2.45) is 5.73 Å². The molecule has 1 heterocycles. The van der Waals surface area contributed by atoms with E-state index < -0.39 is 0 Å². The van der Waals surface area contributed by atoms with Crippen molar-refractivity contribution < 1.29 is 0 Å². The highest BCUT2D eigenvalue weighted by Gasteiger charge is 2.38. The van der Waals surface area contributed by atoms with Gasteiger partial charge in [-0.15, -0.1) is 0 Å². The molecule has 110 valence electrons. The predicted molar refractivity (Wildman–Crippen MR) is 88.1 cm³/mol. The smallest absolute Gasteiger partial charge is 0.0278 e. The Labute approximate surface area is 127 Å². The summed E-state index contributed by atoms with van der Waals surface area (Å²) < 4.78 is 0. The van der Waals surface area contributed by atoms with Crippen molar-refractivity contribution in [1.29, 1.82) is 0 Å². The Kier molecular flexibility index (Phi) is 4.37. The molecular formula is C19H24N2. The van der Waals surface area contributed by atoms with Gasteiger partial charge in [0.05, 0.1) is 0 Å². The van der Waals surface area contributed by atoms with E-state index in [1.807, 2.05) is 0 Å². The molecule has 2 aromatic rings. The minimum atomic E-state index is 0.223. The molecule has 1 saturated heterocycles. The number of benzene rings is 2. The van der Waals surface area contributed by atoms with Gasteiger partial charge in [-0.3, -0.25) is 4.90 Å². The van der Waals surface area contributed by atoms with E-state index in [-0.39, 0.29) is 6.04 Å². The molecule has 0 spiro atoms. The molecule has 21 heavy (non-hydrogen) atoms. The average Bonchev–Trinajstić information content (AvgIpc) is 2.85. The first-order chi connectivity index (χ1) is 10.3. The van der Waals surface area contributed by atoms with Gasteiger partial charge < -0.3 is 5.73 Å². The first-order valence-electron chi connectivity index (χ1n) is 7.88. The van der Waals surface area contributed by atoms with Crippen LogP contribution in [0.25, 0.3) is 0 Å². The maximum absolute atomic E-state index is 6.57. The van der Waals surface area contributed by atoms with Crippen LogP contribution in [0.5, 0.6) is 0 Å². The van der Waals surface area contributed by atoms with E-state index in [9.17, 15) is 0 Å². The van der Waals surface area contributed by atoms with Crippen LogP contribution < -0.4 is 5.73 Å². The normalized spacial score (nSPS) is 26.1. The minimum Gasteiger partial charge on any atom is -0.326 e. The second kappa shape index (κ2) is 6.42. The first-order valence-corrected chi connectivity index (χ1v) is 7.88. The fourth-order valence-electron chi connectivity index (χ4n) is 3.58. The summed E-state index contributed by atoms with van der Waals surface area (Å²) in [4.78, 5) is 2.55. The molecule has 2 aromatic carbocycles. The summed E-state index contributed by atoms with van der Waals surface area (Å²) in [7, 11) is 0. The van der Waals surface area contributed by atoms with E-state index >= 15 is 0 Å². The monoisotopic (exact) mass is 280 g/mol. The largest absolute Gasteiger partial charge is 0.326 e. The third-order valence-electron chi connectivity index (χ3n) is 4.68. The number of rotatable bonds is 4. The molecule has 1 aliphatic heterocycles. The van der Waals surface area contributed by atoms with Crippen LogP contribution in [-0.2, 0) is 6.54 Å². The zero-order valence-electron chi connectivity index (χ0n) is 12.7. The van der Waals surface area contributed by atoms with Gasteiger partial charge in [-0.2, -0.15) is 0 Å². The lowest BCUT2D eigenvalue weighted by atomic mass is 9.91. The van der Waals surface area contributed by atoms with E-state index in [2.05, 4.69) is 72.5 Å². The van der Waals surface area contributed by atoms with Gasteiger partial charge in [-0.1, -0.05) is 67.6 Å². The molecule has 3 atom stereocenters. The fraction of sp³-hybridized carbons (Fsp3) is 0.368. The lowest BCUT2D eigenvalue weighted by molar-refractivity contribution is 0.230. The number of likely N-dealkylation sites (tertiary alicyclic amines) is 1. The van der Waals surface area contributed by atoms with Crippen molar-refractivity contribution in [3.8, 4) is 0 Å². The van der Waals surface area contributed by atoms with Gasteiger partial charge in [-0.05, 0) is 17.5 Å². The van der Waals surface area contributed by atoms with E-state index in [4.69, 9.17) is 5.73 Å². The Morgan fingerprint density at radius 2 is 1.62 bits per heavy atom. The molecule has 0 bridgehead atoms. The maximum Gasteiger partial charge on any atom is 0.0278 e. The molecule has 0 aliphatic carbocycles. The standard InChI is InChI=1S/C19H24N2/c1-2-18-19(20)17(16-11-7-4-8-12-16)14-21(18)13-15-9-5-3-6-10-15/h3-12,17-19H,2,13-14,20H2,1H3/t17-,18-,19+/m0/s1. The minimum absolute atomic E-state index is 0.223. The van der Waals surface area contributed by atoms with Crippen molar-refractivity contribution in [3.63, 3.8) is 0 Å². The van der Waals surface area contributed by atoms with Gasteiger partial charge in [0.2, 0.25) is 0 Å². The molecule has 0 unspecified atom stereocenters. The summed E-state index contributed by atoms with van der Waals surface area (Å²) in [5.41, 5.74) is 9.31. The Bertz CT molecular complexity index is 552. The number of nitrogens with zero attached hydrogens (tertiary/aromatic N) is 1. The predicted octanol–water partition coefficient (Wildman–Crippen LogP) is 3.39. The summed E-state index contributed by atoms with van der Waals surface area (Å²) in [6.07, 6.45) is 1.11. The Morgan fingerprint density at radius 1 is 1.00 bits per heavy atom. The van der Waals surface area contributed by atoms with E-state index in [1.165, 1.54) is 11.1 Å². The molecule has 0 saturated carbocycles. The van der Waals surface area contributed by atoms with Crippen LogP contribution >= 0.6 is 0 Å². The maximum atomic E-state index is 6.57. The summed E-state index contributed by atoms with van der Waals surface area (Å²) in [5.74, 6) is 0.444. The lowest BCUT2D eigenvalue weighted by Gasteiger charge is -2.25. The number of nitrogens with two attached hydrogens (primary N) is 1. The van der Waals surface area contributed by atoms with Crippen LogP contribution in [0.2, 0.25) is 0 Å². The van der Waals surface area contributed by atoms with Crippen LogP contribution in [0, 0.1) is 0 Å². The van der Waals surface area contributed by atoms with Crippen molar-refractivity contribution in [1.82, 2.24) is 4.90 Å². The molecule has 2 N–H and O–H groups in total. The average molecular weight is 280 g/mol. The summed E-state index contributed by atoms with van der Waals surface area (Å²) in [6, 6.07) is 22.1. The third-order valence-corrected chi connectivity index (χ3v) is 4.68. The van der Waals surface area contributed by atoms with Crippen LogP contribution in [0.3, 0.4) is 0 Å². The van der Waals surface area contributed by atoms with Crippen molar-refractivity contribution >= 4 is 0 Å². The Hall–Kier alpha value is -1.64. The van der Waals surface area contributed by atoms with Crippen molar-refractivity contribution in [3.05, 3.63) is 71.8 Å². The van der Waals surface area contributed by atoms with Gasteiger partial charge in [0.25, 0.3) is 0 Å². The second-order valence-electron chi connectivity index (χ2n) is 5.99. The van der Waals surface area contributed by atoms with Crippen molar-refractivity contribution in [2.45, 2.75) is 37.9 Å². The van der Waals surface area contributed by atoms with E-state index in [1.54, 1.807) is 0 Å². The molecule has 1 fully saturated rings. The topological polar surface area (TPSA) is 29.3 Å². The molecule has 1 aliphatic rings. The summed E-state index contributed by atoms with van der Waals surface area (Å²) in [6.45, 7) is 4.30. The van der Waals surface area contributed by atoms with Crippen LogP contribution in [-0.4, -0.2) is 23.5 Å². The molecule has 0 radical (unpaired) electrons. The molecule has 2 nitrogen and oxygen atoms in total. The fourth-order valence-corrected chi connectivity index (χ4v) is 3.58. The van der Waals surface area contributed by atoms with E-state index in [0.29, 0.717) is 12.0 Å². The molecule has 0 amide bonds. The quantitative estimate of drug-likeness (QED) is 0.930. The number of hydrogen-bond acceptors (Lipinski definition) is 2. The van der Waals surface area contributed by atoms with Gasteiger partial charge in [0, 0.05) is 31.1 Å². The Balaban J connectivity index is 1.79. The summed E-state index contributed by atoms with van der Waals surface area (Å²) in [5, 5.41) is 0. The first kappa shape index (κ1) is 14.3. The third kappa shape index (κ3) is 3.02. The van der Waals surface area contributed by atoms with Gasteiger partial charge in [-0.25, -0.2) is 0 Å². The SMILES string of the molecule is CC[C@H]1[C@H](N)[C@H](c2ccccc2)CN1Cc1ccccc1. The highest BCUT2D eigenvalue weighted by atomic mass is 15.2. The molecule has 0 aromatic heterocycles. The second-order valence-corrected chi connectivity index (χ2v) is 5.99. The van der Waals surface area contributed by atoms with Crippen LogP contribution in [0.1, 0.15) is 30.4 Å². The highest BCUT2D eigenvalue weighted by Crippen LogP contribution is 2.33.